The number of halogens is 1. The molecule has 1 N–H and O–H groups in total. The Balaban J connectivity index is 1.50. The summed E-state index contributed by atoms with van der Waals surface area (Å²) in [6, 6.07) is 12.0. The zero-order chi connectivity index (χ0) is 19.0. The zero-order valence-corrected chi connectivity index (χ0v) is 13.9. The number of fused-ring (bicyclic) bond motifs is 1. The SMILES string of the molecule is O=C(CN1N=NC2C(=O)N(c3cccc(F)c3)C(=O)C21)Nc1ccccc1. The molecular formula is C18H14FN5O3. The van der Waals surface area contributed by atoms with Gasteiger partial charge in [-0.15, -0.1) is 0 Å². The third kappa shape index (κ3) is 3.03. The van der Waals surface area contributed by atoms with Crippen molar-refractivity contribution in [3.8, 4) is 0 Å². The van der Waals surface area contributed by atoms with Crippen molar-refractivity contribution in [2.75, 3.05) is 16.8 Å². The van der Waals surface area contributed by atoms with Gasteiger partial charge in [-0.3, -0.25) is 19.4 Å². The van der Waals surface area contributed by atoms with Gasteiger partial charge in [-0.1, -0.05) is 29.5 Å². The van der Waals surface area contributed by atoms with Crippen LogP contribution < -0.4 is 10.2 Å². The number of amides is 3. The van der Waals surface area contributed by atoms with Gasteiger partial charge in [0, 0.05) is 5.69 Å². The first kappa shape index (κ1) is 16.8. The van der Waals surface area contributed by atoms with Gasteiger partial charge in [-0.2, -0.15) is 5.11 Å². The van der Waals surface area contributed by atoms with E-state index in [1.165, 1.54) is 23.2 Å². The van der Waals surface area contributed by atoms with Gasteiger partial charge < -0.3 is 5.32 Å². The molecule has 0 aromatic heterocycles. The number of rotatable bonds is 4. The molecule has 1 saturated heterocycles. The fourth-order valence-corrected chi connectivity index (χ4v) is 3.09. The molecule has 2 heterocycles. The van der Waals surface area contributed by atoms with E-state index in [4.69, 9.17) is 0 Å². The Morgan fingerprint density at radius 3 is 2.59 bits per heavy atom. The molecule has 27 heavy (non-hydrogen) atoms. The minimum absolute atomic E-state index is 0.128. The van der Waals surface area contributed by atoms with Crippen LogP contribution in [0, 0.1) is 5.82 Å². The van der Waals surface area contributed by atoms with E-state index < -0.39 is 35.6 Å². The van der Waals surface area contributed by atoms with E-state index in [0.29, 0.717) is 5.69 Å². The monoisotopic (exact) mass is 367 g/mol. The van der Waals surface area contributed by atoms with E-state index in [0.717, 1.165) is 11.0 Å². The summed E-state index contributed by atoms with van der Waals surface area (Å²) in [4.78, 5) is 38.4. The second kappa shape index (κ2) is 6.60. The number of carbonyl (C=O) groups is 3. The highest BCUT2D eigenvalue weighted by molar-refractivity contribution is 6.25. The smallest absolute Gasteiger partial charge is 0.263 e. The van der Waals surface area contributed by atoms with E-state index in [1.807, 2.05) is 6.07 Å². The van der Waals surface area contributed by atoms with Crippen LogP contribution in [0.4, 0.5) is 15.8 Å². The van der Waals surface area contributed by atoms with Crippen LogP contribution in [0.1, 0.15) is 0 Å². The topological polar surface area (TPSA) is 94.4 Å². The van der Waals surface area contributed by atoms with E-state index in [1.54, 1.807) is 24.3 Å². The summed E-state index contributed by atoms with van der Waals surface area (Å²) < 4.78 is 13.5. The number of anilines is 2. The average molecular weight is 367 g/mol. The predicted octanol–water partition coefficient (Wildman–Crippen LogP) is 1.76. The van der Waals surface area contributed by atoms with Crippen LogP contribution in [0.5, 0.6) is 0 Å². The summed E-state index contributed by atoms with van der Waals surface area (Å²) in [5.74, 6) is -2.14. The van der Waals surface area contributed by atoms with Gasteiger partial charge in [0.15, 0.2) is 12.1 Å². The summed E-state index contributed by atoms with van der Waals surface area (Å²) in [5.41, 5.74) is 0.730. The van der Waals surface area contributed by atoms with Gasteiger partial charge in [-0.25, -0.2) is 9.29 Å². The average Bonchev–Trinajstić information content (AvgIpc) is 3.16. The van der Waals surface area contributed by atoms with Gasteiger partial charge in [0.05, 0.1) is 5.69 Å². The van der Waals surface area contributed by atoms with Gasteiger partial charge in [0.1, 0.15) is 12.4 Å². The van der Waals surface area contributed by atoms with Crippen LogP contribution in [-0.2, 0) is 14.4 Å². The Labute approximate surface area is 153 Å². The molecule has 3 amide bonds. The third-order valence-electron chi connectivity index (χ3n) is 4.29. The number of para-hydroxylation sites is 1. The molecule has 0 bridgehead atoms. The van der Waals surface area contributed by atoms with Crippen molar-refractivity contribution in [1.29, 1.82) is 0 Å². The Hall–Kier alpha value is -3.62. The number of benzene rings is 2. The lowest BCUT2D eigenvalue weighted by Gasteiger charge is -2.20. The summed E-state index contributed by atoms with van der Waals surface area (Å²) >= 11 is 0. The minimum Gasteiger partial charge on any atom is -0.324 e. The minimum atomic E-state index is -1.04. The molecule has 136 valence electrons. The molecule has 2 aliphatic heterocycles. The molecule has 2 atom stereocenters. The van der Waals surface area contributed by atoms with Crippen LogP contribution in [0.15, 0.2) is 64.9 Å². The lowest BCUT2D eigenvalue weighted by atomic mass is 10.1. The number of nitrogens with zero attached hydrogens (tertiary/aromatic N) is 4. The molecule has 2 aromatic carbocycles. The second-order valence-electron chi connectivity index (χ2n) is 6.10. The highest BCUT2D eigenvalue weighted by Gasteiger charge is 2.55. The second-order valence-corrected chi connectivity index (χ2v) is 6.10. The quantitative estimate of drug-likeness (QED) is 0.833. The molecule has 8 nitrogen and oxygen atoms in total. The number of nitrogens with one attached hydrogen (secondary N) is 1. The Kier molecular flexibility index (Phi) is 4.11. The number of hydrogen-bond donors (Lipinski definition) is 1. The van der Waals surface area contributed by atoms with Crippen molar-refractivity contribution in [3.05, 3.63) is 60.4 Å². The maximum Gasteiger partial charge on any atom is 0.263 e. The van der Waals surface area contributed by atoms with Crippen LogP contribution in [0.2, 0.25) is 0 Å². The molecule has 0 saturated carbocycles. The van der Waals surface area contributed by atoms with Gasteiger partial charge in [0.2, 0.25) is 5.91 Å². The first-order valence-electron chi connectivity index (χ1n) is 8.20. The van der Waals surface area contributed by atoms with Crippen LogP contribution in [0.3, 0.4) is 0 Å². The molecule has 2 aromatic rings. The molecule has 9 heteroatoms. The fourth-order valence-electron chi connectivity index (χ4n) is 3.09. The van der Waals surface area contributed by atoms with Crippen molar-refractivity contribution < 1.29 is 18.8 Å². The maximum atomic E-state index is 13.5. The Bertz CT molecular complexity index is 949. The molecule has 4 rings (SSSR count). The molecule has 0 spiro atoms. The molecule has 0 radical (unpaired) electrons. The fraction of sp³-hybridized carbons (Fsp3) is 0.167. The standard InChI is InChI=1S/C18H14FN5O3/c19-11-5-4-8-13(9-11)24-17(26)15-16(18(24)27)23(22-21-15)10-14(25)20-12-6-2-1-3-7-12/h1-9,15-16H,10H2,(H,20,25). The van der Waals surface area contributed by atoms with Gasteiger partial charge >= 0.3 is 0 Å². The van der Waals surface area contributed by atoms with Crippen molar-refractivity contribution in [2.24, 2.45) is 10.3 Å². The predicted molar refractivity (Wildman–Crippen MR) is 93.1 cm³/mol. The van der Waals surface area contributed by atoms with Gasteiger partial charge in [0.25, 0.3) is 11.8 Å². The van der Waals surface area contributed by atoms with E-state index in [9.17, 15) is 18.8 Å². The number of imide groups is 1. The Morgan fingerprint density at radius 1 is 1.07 bits per heavy atom. The molecule has 1 fully saturated rings. The zero-order valence-electron chi connectivity index (χ0n) is 13.9. The highest BCUT2D eigenvalue weighted by Crippen LogP contribution is 2.31. The Morgan fingerprint density at radius 2 is 1.85 bits per heavy atom. The normalized spacial score (nSPS) is 20.9. The van der Waals surface area contributed by atoms with Crippen molar-refractivity contribution in [1.82, 2.24) is 5.01 Å². The first-order chi connectivity index (χ1) is 13.0. The van der Waals surface area contributed by atoms with E-state index in [-0.39, 0.29) is 12.2 Å². The summed E-state index contributed by atoms with van der Waals surface area (Å²) in [5, 5.41) is 11.5. The van der Waals surface area contributed by atoms with Crippen molar-refractivity contribution in [3.63, 3.8) is 0 Å². The van der Waals surface area contributed by atoms with Crippen LogP contribution in [0.25, 0.3) is 0 Å². The first-order valence-corrected chi connectivity index (χ1v) is 8.20. The molecule has 2 unspecified atom stereocenters. The largest absolute Gasteiger partial charge is 0.324 e. The lowest BCUT2D eigenvalue weighted by molar-refractivity contribution is -0.123. The lowest BCUT2D eigenvalue weighted by Crippen LogP contribution is -2.43. The van der Waals surface area contributed by atoms with E-state index in [2.05, 4.69) is 15.7 Å². The van der Waals surface area contributed by atoms with Crippen LogP contribution >= 0.6 is 0 Å². The summed E-state index contributed by atoms with van der Waals surface area (Å²) in [6.45, 7) is -0.241. The molecular weight excluding hydrogens is 353 g/mol. The van der Waals surface area contributed by atoms with E-state index >= 15 is 0 Å². The summed E-state index contributed by atoms with van der Waals surface area (Å²) in [6.07, 6.45) is 0. The third-order valence-corrected chi connectivity index (χ3v) is 4.29. The molecule has 0 aliphatic carbocycles. The van der Waals surface area contributed by atoms with Crippen molar-refractivity contribution >= 4 is 29.1 Å². The van der Waals surface area contributed by atoms with Gasteiger partial charge in [-0.05, 0) is 30.3 Å². The number of hydrogen-bond acceptors (Lipinski definition) is 6. The summed E-state index contributed by atoms with van der Waals surface area (Å²) in [7, 11) is 0. The molecule has 2 aliphatic rings. The maximum absolute atomic E-state index is 13.5. The van der Waals surface area contributed by atoms with Crippen molar-refractivity contribution in [2.45, 2.75) is 12.1 Å². The van der Waals surface area contributed by atoms with Crippen LogP contribution in [-0.4, -0.2) is 41.4 Å². The number of carbonyl (C=O) groups excluding carboxylic acids is 3. The highest BCUT2D eigenvalue weighted by atomic mass is 19.1.